The lowest BCUT2D eigenvalue weighted by atomic mass is 9.97. The predicted octanol–water partition coefficient (Wildman–Crippen LogP) is 1.67. The van der Waals surface area contributed by atoms with Crippen LogP contribution >= 0.6 is 0 Å². The second-order valence-corrected chi connectivity index (χ2v) is 3.66. The number of amides is 1. The van der Waals surface area contributed by atoms with E-state index in [1.54, 1.807) is 19.2 Å². The van der Waals surface area contributed by atoms with E-state index in [9.17, 15) is 4.79 Å². The average Bonchev–Trinajstić information content (AvgIpc) is 2.18. The summed E-state index contributed by atoms with van der Waals surface area (Å²) in [6.07, 6.45) is 0. The first-order chi connectivity index (χ1) is 6.47. The van der Waals surface area contributed by atoms with Crippen molar-refractivity contribution in [2.75, 3.05) is 7.11 Å². The quantitative estimate of drug-likeness (QED) is 0.793. The Bertz CT molecular complexity index is 328. The van der Waals surface area contributed by atoms with E-state index in [4.69, 9.17) is 10.5 Å². The number of ether oxygens (including phenoxy) is 1. The molecule has 0 fully saturated rings. The molecule has 1 aromatic rings. The summed E-state index contributed by atoms with van der Waals surface area (Å²) in [6, 6.07) is 7.12. The first-order valence-electron chi connectivity index (χ1n) is 4.43. The number of hydrogen-bond donors (Lipinski definition) is 1. The molecule has 0 saturated carbocycles. The normalized spacial score (nSPS) is 11.4. The standard InChI is InChI=1S/C11H15NO2/c1-11(2,14-3)9-6-4-8(5-7-9)10(12)13/h4-7H,1-3H3,(H2,12,13). The second kappa shape index (κ2) is 3.80. The van der Waals surface area contributed by atoms with Gasteiger partial charge in [0.05, 0.1) is 5.60 Å². The molecule has 3 heteroatoms. The number of nitrogens with two attached hydrogens (primary N) is 1. The van der Waals surface area contributed by atoms with E-state index in [0.29, 0.717) is 5.56 Å². The molecule has 0 aromatic heterocycles. The Hall–Kier alpha value is -1.35. The van der Waals surface area contributed by atoms with E-state index in [1.165, 1.54) is 0 Å². The number of rotatable bonds is 3. The molecule has 0 aliphatic heterocycles. The van der Waals surface area contributed by atoms with Crippen LogP contribution < -0.4 is 5.73 Å². The van der Waals surface area contributed by atoms with Crippen LogP contribution in [0.1, 0.15) is 29.8 Å². The number of carbonyl (C=O) groups excluding carboxylic acids is 1. The van der Waals surface area contributed by atoms with E-state index in [-0.39, 0.29) is 5.60 Å². The number of carbonyl (C=O) groups is 1. The van der Waals surface area contributed by atoms with Gasteiger partial charge in [0.2, 0.25) is 5.91 Å². The molecule has 0 aliphatic carbocycles. The highest BCUT2D eigenvalue weighted by atomic mass is 16.5. The van der Waals surface area contributed by atoms with Gasteiger partial charge in [-0.1, -0.05) is 12.1 Å². The number of primary amides is 1. The predicted molar refractivity (Wildman–Crippen MR) is 55.0 cm³/mol. The highest BCUT2D eigenvalue weighted by Crippen LogP contribution is 2.23. The summed E-state index contributed by atoms with van der Waals surface area (Å²) in [7, 11) is 1.65. The van der Waals surface area contributed by atoms with Crippen molar-refractivity contribution < 1.29 is 9.53 Å². The van der Waals surface area contributed by atoms with Crippen molar-refractivity contribution in [3.63, 3.8) is 0 Å². The summed E-state index contributed by atoms with van der Waals surface area (Å²) < 4.78 is 5.31. The van der Waals surface area contributed by atoms with Crippen molar-refractivity contribution in [1.82, 2.24) is 0 Å². The van der Waals surface area contributed by atoms with Gasteiger partial charge in [-0.05, 0) is 31.5 Å². The summed E-state index contributed by atoms with van der Waals surface area (Å²) in [4.78, 5) is 10.8. The van der Waals surface area contributed by atoms with E-state index in [1.807, 2.05) is 26.0 Å². The van der Waals surface area contributed by atoms with Gasteiger partial charge in [0, 0.05) is 12.7 Å². The topological polar surface area (TPSA) is 52.3 Å². The molecule has 2 N–H and O–H groups in total. The van der Waals surface area contributed by atoms with Crippen molar-refractivity contribution in [2.24, 2.45) is 5.73 Å². The van der Waals surface area contributed by atoms with Gasteiger partial charge in [0.25, 0.3) is 0 Å². The van der Waals surface area contributed by atoms with Crippen molar-refractivity contribution in [2.45, 2.75) is 19.4 Å². The lowest BCUT2D eigenvalue weighted by molar-refractivity contribution is 0.0192. The molecule has 0 heterocycles. The summed E-state index contributed by atoms with van der Waals surface area (Å²) >= 11 is 0. The first-order valence-corrected chi connectivity index (χ1v) is 4.43. The Balaban J connectivity index is 2.99. The molecule has 0 radical (unpaired) electrons. The van der Waals surface area contributed by atoms with Crippen molar-refractivity contribution in [1.29, 1.82) is 0 Å². The van der Waals surface area contributed by atoms with Crippen LogP contribution in [0.4, 0.5) is 0 Å². The van der Waals surface area contributed by atoms with Crippen LogP contribution in [0.5, 0.6) is 0 Å². The monoisotopic (exact) mass is 193 g/mol. The minimum atomic E-state index is -0.410. The molecule has 3 nitrogen and oxygen atoms in total. The van der Waals surface area contributed by atoms with Crippen LogP contribution in [0, 0.1) is 0 Å². The van der Waals surface area contributed by atoms with Gasteiger partial charge in [0.1, 0.15) is 0 Å². The smallest absolute Gasteiger partial charge is 0.248 e. The fourth-order valence-corrected chi connectivity index (χ4v) is 1.15. The summed E-state index contributed by atoms with van der Waals surface area (Å²) in [5, 5.41) is 0. The fraction of sp³-hybridized carbons (Fsp3) is 0.364. The Morgan fingerprint density at radius 3 is 2.14 bits per heavy atom. The van der Waals surface area contributed by atoms with Gasteiger partial charge in [-0.25, -0.2) is 0 Å². The molecule has 0 bridgehead atoms. The van der Waals surface area contributed by atoms with Crippen LogP contribution in [-0.2, 0) is 10.3 Å². The van der Waals surface area contributed by atoms with Crippen molar-refractivity contribution >= 4 is 5.91 Å². The molecular weight excluding hydrogens is 178 g/mol. The maximum Gasteiger partial charge on any atom is 0.248 e. The first kappa shape index (κ1) is 10.7. The largest absolute Gasteiger partial charge is 0.374 e. The van der Waals surface area contributed by atoms with Crippen LogP contribution in [0.3, 0.4) is 0 Å². The maximum atomic E-state index is 10.8. The van der Waals surface area contributed by atoms with Gasteiger partial charge in [-0.2, -0.15) is 0 Å². The molecule has 0 unspecified atom stereocenters. The number of hydrogen-bond acceptors (Lipinski definition) is 2. The summed E-state index contributed by atoms with van der Waals surface area (Å²) in [5.41, 5.74) is 6.33. The molecule has 1 aromatic carbocycles. The van der Waals surface area contributed by atoms with Gasteiger partial charge < -0.3 is 10.5 Å². The average molecular weight is 193 g/mol. The van der Waals surface area contributed by atoms with Crippen LogP contribution in [-0.4, -0.2) is 13.0 Å². The van der Waals surface area contributed by atoms with Crippen LogP contribution in [0.15, 0.2) is 24.3 Å². The van der Waals surface area contributed by atoms with E-state index < -0.39 is 5.91 Å². The zero-order chi connectivity index (χ0) is 10.8. The lowest BCUT2D eigenvalue weighted by Crippen LogP contribution is -2.19. The summed E-state index contributed by atoms with van der Waals surface area (Å²) in [5.74, 6) is -0.410. The molecule has 1 amide bonds. The second-order valence-electron chi connectivity index (χ2n) is 3.66. The fourth-order valence-electron chi connectivity index (χ4n) is 1.15. The van der Waals surface area contributed by atoms with E-state index in [0.717, 1.165) is 5.56 Å². The van der Waals surface area contributed by atoms with E-state index in [2.05, 4.69) is 0 Å². The Kier molecular flexibility index (Phi) is 2.91. The van der Waals surface area contributed by atoms with Gasteiger partial charge in [-0.15, -0.1) is 0 Å². The third-order valence-corrected chi connectivity index (χ3v) is 2.37. The van der Waals surface area contributed by atoms with Crippen molar-refractivity contribution in [3.8, 4) is 0 Å². The third kappa shape index (κ3) is 2.12. The molecule has 14 heavy (non-hydrogen) atoms. The third-order valence-electron chi connectivity index (χ3n) is 2.37. The molecule has 0 atom stereocenters. The Morgan fingerprint density at radius 2 is 1.79 bits per heavy atom. The highest BCUT2D eigenvalue weighted by molar-refractivity contribution is 5.92. The van der Waals surface area contributed by atoms with Crippen molar-refractivity contribution in [3.05, 3.63) is 35.4 Å². The van der Waals surface area contributed by atoms with Gasteiger partial charge in [0.15, 0.2) is 0 Å². The molecule has 0 aliphatic rings. The Labute approximate surface area is 83.9 Å². The summed E-state index contributed by atoms with van der Waals surface area (Å²) in [6.45, 7) is 3.93. The maximum absolute atomic E-state index is 10.8. The minimum absolute atomic E-state index is 0.337. The molecule has 0 saturated heterocycles. The molecule has 76 valence electrons. The number of benzene rings is 1. The molecular formula is C11H15NO2. The minimum Gasteiger partial charge on any atom is -0.374 e. The van der Waals surface area contributed by atoms with Gasteiger partial charge >= 0.3 is 0 Å². The highest BCUT2D eigenvalue weighted by Gasteiger charge is 2.18. The SMILES string of the molecule is COC(C)(C)c1ccc(C(N)=O)cc1. The van der Waals surface area contributed by atoms with Crippen LogP contribution in [0.2, 0.25) is 0 Å². The number of methoxy groups -OCH3 is 1. The molecule has 1 rings (SSSR count). The Morgan fingerprint density at radius 1 is 1.29 bits per heavy atom. The van der Waals surface area contributed by atoms with E-state index >= 15 is 0 Å². The zero-order valence-electron chi connectivity index (χ0n) is 8.70. The van der Waals surface area contributed by atoms with Gasteiger partial charge in [-0.3, -0.25) is 4.79 Å². The van der Waals surface area contributed by atoms with Crippen LogP contribution in [0.25, 0.3) is 0 Å². The lowest BCUT2D eigenvalue weighted by Gasteiger charge is -2.23. The zero-order valence-corrected chi connectivity index (χ0v) is 8.70. The molecule has 0 spiro atoms.